The maximum absolute atomic E-state index is 12.1. The minimum absolute atomic E-state index is 0.0973. The highest BCUT2D eigenvalue weighted by Crippen LogP contribution is 2.29. The number of thiazole rings is 1. The van der Waals surface area contributed by atoms with Crippen LogP contribution in [0.25, 0.3) is 11.3 Å². The smallest absolute Gasteiger partial charge is 0.226 e. The zero-order valence-corrected chi connectivity index (χ0v) is 16.1. The number of nitrogens with one attached hydrogen (secondary N) is 1. The Hall–Kier alpha value is -1.68. The van der Waals surface area contributed by atoms with Crippen molar-refractivity contribution in [1.82, 2.24) is 4.98 Å². The first-order chi connectivity index (χ1) is 12.1. The van der Waals surface area contributed by atoms with Gasteiger partial charge in [-0.05, 0) is 30.2 Å². The Morgan fingerprint density at radius 3 is 2.64 bits per heavy atom. The number of amides is 1. The molecule has 1 heterocycles. The van der Waals surface area contributed by atoms with Crippen molar-refractivity contribution in [3.8, 4) is 11.3 Å². The maximum atomic E-state index is 12.1. The van der Waals surface area contributed by atoms with Gasteiger partial charge in [-0.3, -0.25) is 4.79 Å². The molecule has 3 nitrogen and oxygen atoms in total. The van der Waals surface area contributed by atoms with Crippen molar-refractivity contribution in [2.24, 2.45) is 11.8 Å². The minimum Gasteiger partial charge on any atom is -0.302 e. The molecule has 1 aromatic heterocycles. The Labute approximate surface area is 154 Å². The van der Waals surface area contributed by atoms with Crippen molar-refractivity contribution >= 4 is 22.4 Å². The summed E-state index contributed by atoms with van der Waals surface area (Å²) in [5, 5.41) is 5.69. The van der Waals surface area contributed by atoms with Crippen molar-refractivity contribution < 1.29 is 4.79 Å². The highest BCUT2D eigenvalue weighted by atomic mass is 32.1. The lowest BCUT2D eigenvalue weighted by Crippen LogP contribution is -2.12. The third kappa shape index (κ3) is 5.40. The Bertz CT molecular complexity index is 684. The molecule has 134 valence electrons. The lowest BCUT2D eigenvalue weighted by molar-refractivity contribution is -0.116. The topological polar surface area (TPSA) is 42.0 Å². The quantitative estimate of drug-likeness (QED) is 0.669. The molecule has 0 bridgehead atoms. The van der Waals surface area contributed by atoms with E-state index in [0.29, 0.717) is 17.5 Å². The van der Waals surface area contributed by atoms with Gasteiger partial charge in [0, 0.05) is 17.4 Å². The molecule has 1 N–H and O–H groups in total. The largest absolute Gasteiger partial charge is 0.302 e. The summed E-state index contributed by atoms with van der Waals surface area (Å²) >= 11 is 1.50. The molecule has 4 heteroatoms. The van der Waals surface area contributed by atoms with Gasteiger partial charge in [-0.15, -0.1) is 11.3 Å². The van der Waals surface area contributed by atoms with Gasteiger partial charge in [-0.2, -0.15) is 0 Å². The van der Waals surface area contributed by atoms with Gasteiger partial charge in [0.15, 0.2) is 5.13 Å². The number of anilines is 1. The van der Waals surface area contributed by atoms with E-state index in [1.54, 1.807) is 0 Å². The fraction of sp³-hybridized carbons (Fsp3) is 0.524. The average molecular weight is 357 g/mol. The molecule has 25 heavy (non-hydrogen) atoms. The van der Waals surface area contributed by atoms with Crippen LogP contribution in [-0.2, 0) is 11.2 Å². The molecule has 1 saturated carbocycles. The molecule has 1 aromatic carbocycles. The fourth-order valence-corrected chi connectivity index (χ4v) is 4.30. The van der Waals surface area contributed by atoms with E-state index in [9.17, 15) is 4.79 Å². The first-order valence-electron chi connectivity index (χ1n) is 9.45. The Balaban J connectivity index is 1.53. The third-order valence-electron chi connectivity index (χ3n) is 4.90. The van der Waals surface area contributed by atoms with Gasteiger partial charge in [0.2, 0.25) is 5.91 Å². The first kappa shape index (κ1) is 18.1. The van der Waals surface area contributed by atoms with Gasteiger partial charge in [0.1, 0.15) is 0 Å². The number of hydrogen-bond donors (Lipinski definition) is 1. The molecule has 2 aromatic rings. The van der Waals surface area contributed by atoms with Crippen LogP contribution >= 0.6 is 11.3 Å². The van der Waals surface area contributed by atoms with E-state index in [4.69, 9.17) is 0 Å². The third-order valence-corrected chi connectivity index (χ3v) is 5.66. The average Bonchev–Trinajstić information content (AvgIpc) is 3.25. The van der Waals surface area contributed by atoms with E-state index >= 15 is 0 Å². The summed E-state index contributed by atoms with van der Waals surface area (Å²) in [4.78, 5) is 16.7. The molecule has 1 aliphatic carbocycles. The Morgan fingerprint density at radius 1 is 1.24 bits per heavy atom. The van der Waals surface area contributed by atoms with Gasteiger partial charge in [-0.1, -0.05) is 63.8 Å². The van der Waals surface area contributed by atoms with Crippen LogP contribution in [0.15, 0.2) is 29.6 Å². The van der Waals surface area contributed by atoms with Gasteiger partial charge in [0.05, 0.1) is 5.69 Å². The molecular formula is C21H28N2OS. The summed E-state index contributed by atoms with van der Waals surface area (Å²) in [7, 11) is 0. The van der Waals surface area contributed by atoms with Gasteiger partial charge < -0.3 is 5.32 Å². The molecule has 1 fully saturated rings. The minimum atomic E-state index is 0.0973. The molecule has 0 unspecified atom stereocenters. The summed E-state index contributed by atoms with van der Waals surface area (Å²) in [5.41, 5.74) is 3.40. The zero-order chi connectivity index (χ0) is 17.6. The van der Waals surface area contributed by atoms with E-state index in [1.807, 2.05) is 5.38 Å². The van der Waals surface area contributed by atoms with Crippen molar-refractivity contribution in [1.29, 1.82) is 0 Å². The maximum Gasteiger partial charge on any atom is 0.226 e. The Kier molecular flexibility index (Phi) is 6.24. The number of aromatic nitrogens is 1. The van der Waals surface area contributed by atoms with Crippen molar-refractivity contribution in [2.45, 2.75) is 58.8 Å². The lowest BCUT2D eigenvalue weighted by atomic mass is 10.0. The number of rotatable bonds is 7. The predicted molar refractivity (Wildman–Crippen MR) is 106 cm³/mol. The van der Waals surface area contributed by atoms with E-state index in [1.165, 1.54) is 42.6 Å². The van der Waals surface area contributed by atoms with E-state index < -0.39 is 0 Å². The molecule has 0 radical (unpaired) electrons. The highest BCUT2D eigenvalue weighted by molar-refractivity contribution is 7.14. The number of hydrogen-bond acceptors (Lipinski definition) is 3. The summed E-state index contributed by atoms with van der Waals surface area (Å²) < 4.78 is 0. The zero-order valence-electron chi connectivity index (χ0n) is 15.3. The predicted octanol–water partition coefficient (Wildman–Crippen LogP) is 5.92. The van der Waals surface area contributed by atoms with Crippen LogP contribution in [-0.4, -0.2) is 10.9 Å². The van der Waals surface area contributed by atoms with E-state index in [2.05, 4.69) is 48.4 Å². The summed E-state index contributed by atoms with van der Waals surface area (Å²) in [6.07, 6.45) is 7.98. The normalized spacial score (nSPS) is 15.0. The van der Waals surface area contributed by atoms with Crippen LogP contribution in [0, 0.1) is 11.8 Å². The Morgan fingerprint density at radius 2 is 1.96 bits per heavy atom. The van der Waals surface area contributed by atoms with E-state index in [0.717, 1.165) is 30.0 Å². The molecule has 0 aliphatic heterocycles. The van der Waals surface area contributed by atoms with Gasteiger partial charge in [0.25, 0.3) is 0 Å². The van der Waals surface area contributed by atoms with Crippen molar-refractivity contribution in [3.63, 3.8) is 0 Å². The fourth-order valence-electron chi connectivity index (χ4n) is 3.56. The standard InChI is InChI=1S/C21H28N2OS/c1-15(2)13-17-7-10-18(11-8-17)19-14-25-21(22-19)23-20(24)12-9-16-5-3-4-6-16/h7-8,10-11,14-16H,3-6,9,12-13H2,1-2H3,(H,22,23,24). The van der Waals surface area contributed by atoms with Crippen LogP contribution in [0.4, 0.5) is 5.13 Å². The lowest BCUT2D eigenvalue weighted by Gasteiger charge is -2.07. The van der Waals surface area contributed by atoms with Crippen LogP contribution in [0.2, 0.25) is 0 Å². The summed E-state index contributed by atoms with van der Waals surface area (Å²) in [5.74, 6) is 1.51. The van der Waals surface area contributed by atoms with Crippen molar-refractivity contribution in [3.05, 3.63) is 35.2 Å². The van der Waals surface area contributed by atoms with Crippen LogP contribution in [0.1, 0.15) is 57.9 Å². The molecule has 0 spiro atoms. The van der Waals surface area contributed by atoms with Crippen LogP contribution < -0.4 is 5.32 Å². The second-order valence-electron chi connectivity index (χ2n) is 7.57. The number of carbonyl (C=O) groups excluding carboxylic acids is 1. The molecule has 1 aliphatic rings. The summed E-state index contributed by atoms with van der Waals surface area (Å²) in [6, 6.07) is 8.60. The number of carbonyl (C=O) groups is 1. The second kappa shape index (κ2) is 8.61. The molecule has 0 saturated heterocycles. The van der Waals surface area contributed by atoms with Crippen LogP contribution in [0.3, 0.4) is 0 Å². The van der Waals surface area contributed by atoms with Gasteiger partial charge >= 0.3 is 0 Å². The van der Waals surface area contributed by atoms with Crippen LogP contribution in [0.5, 0.6) is 0 Å². The number of nitrogens with zero attached hydrogens (tertiary/aromatic N) is 1. The summed E-state index contributed by atoms with van der Waals surface area (Å²) in [6.45, 7) is 4.46. The molecule has 0 atom stereocenters. The monoisotopic (exact) mass is 356 g/mol. The van der Waals surface area contributed by atoms with Gasteiger partial charge in [-0.25, -0.2) is 4.98 Å². The van der Waals surface area contributed by atoms with E-state index in [-0.39, 0.29) is 5.91 Å². The first-order valence-corrected chi connectivity index (χ1v) is 10.3. The molecule has 1 amide bonds. The highest BCUT2D eigenvalue weighted by Gasteiger charge is 2.16. The SMILES string of the molecule is CC(C)Cc1ccc(-c2csc(NC(=O)CCC3CCCC3)n2)cc1. The molecule has 3 rings (SSSR count). The second-order valence-corrected chi connectivity index (χ2v) is 8.43. The number of benzene rings is 1. The van der Waals surface area contributed by atoms with Crippen molar-refractivity contribution in [2.75, 3.05) is 5.32 Å². The molecular weight excluding hydrogens is 328 g/mol.